The Morgan fingerprint density at radius 1 is 0.750 bits per heavy atom. The van der Waals surface area contributed by atoms with Crippen molar-refractivity contribution in [1.29, 1.82) is 0 Å². The minimum absolute atomic E-state index is 0. The maximum atomic E-state index is 4.49. The minimum atomic E-state index is 0. The molecule has 2 heterocycles. The summed E-state index contributed by atoms with van der Waals surface area (Å²) in [4.78, 5) is 8.75. The molecule has 0 amide bonds. The van der Waals surface area contributed by atoms with Gasteiger partial charge in [-0.05, 0) is 36.0 Å². The number of anilines is 3. The maximum Gasteiger partial charge on any atom is 3.00 e. The van der Waals surface area contributed by atoms with Gasteiger partial charge in [-0.25, -0.2) is 0 Å². The number of aromatic nitrogens is 1. The van der Waals surface area contributed by atoms with Crippen LogP contribution in [0.2, 0.25) is 0 Å². The molecular formula is C31H23BrIrN3. The van der Waals surface area contributed by atoms with Gasteiger partial charge in [-0.3, -0.25) is 0 Å². The Kier molecular flexibility index (Phi) is 8.71. The molecule has 178 valence electrons. The third kappa shape index (κ3) is 5.93. The van der Waals surface area contributed by atoms with Crippen LogP contribution in [0.15, 0.2) is 120 Å². The van der Waals surface area contributed by atoms with Crippen LogP contribution in [0, 0.1) is 18.8 Å². The minimum Gasteiger partial charge on any atom is -0.504 e. The van der Waals surface area contributed by atoms with Gasteiger partial charge in [0, 0.05) is 17.6 Å². The largest absolute Gasteiger partial charge is 3.00 e. The van der Waals surface area contributed by atoms with E-state index in [0.29, 0.717) is 0 Å². The van der Waals surface area contributed by atoms with Gasteiger partial charge in [0.25, 0.3) is 0 Å². The van der Waals surface area contributed by atoms with Crippen molar-refractivity contribution in [2.45, 2.75) is 0 Å². The van der Waals surface area contributed by atoms with Crippen molar-refractivity contribution in [3.8, 4) is 22.4 Å². The first-order valence-electron chi connectivity index (χ1n) is 11.3. The number of nitrogens with zero attached hydrogens (tertiary/aromatic N) is 3. The summed E-state index contributed by atoms with van der Waals surface area (Å²) < 4.78 is 1.04. The quantitative estimate of drug-likeness (QED) is 0.176. The van der Waals surface area contributed by atoms with Crippen LogP contribution in [0.4, 0.5) is 17.1 Å². The molecule has 0 saturated heterocycles. The second-order valence-corrected chi connectivity index (χ2v) is 8.97. The van der Waals surface area contributed by atoms with Crippen molar-refractivity contribution in [2.75, 3.05) is 16.8 Å². The Morgan fingerprint density at radius 3 is 2.17 bits per heavy atom. The van der Waals surface area contributed by atoms with Gasteiger partial charge in [0.05, 0.1) is 0 Å². The molecule has 3 nitrogen and oxygen atoms in total. The number of hydrogen-bond acceptors (Lipinski definition) is 3. The van der Waals surface area contributed by atoms with E-state index in [2.05, 4.69) is 105 Å². The maximum absolute atomic E-state index is 4.49. The van der Waals surface area contributed by atoms with Crippen LogP contribution in [0.1, 0.15) is 0 Å². The molecule has 4 aromatic carbocycles. The number of rotatable bonds is 3. The zero-order chi connectivity index (χ0) is 24.0. The molecule has 0 unspecified atom stereocenters. The molecule has 0 aliphatic carbocycles. The molecule has 0 fully saturated rings. The molecular weight excluding hydrogens is 686 g/mol. The fourth-order valence-corrected chi connectivity index (χ4v) is 4.16. The zero-order valence-corrected chi connectivity index (χ0v) is 23.6. The first-order valence-corrected chi connectivity index (χ1v) is 12.1. The molecule has 5 aromatic rings. The Bertz CT molecular complexity index is 1320. The van der Waals surface area contributed by atoms with Crippen LogP contribution >= 0.6 is 15.9 Å². The van der Waals surface area contributed by atoms with Crippen molar-refractivity contribution >= 4 is 33.0 Å². The van der Waals surface area contributed by atoms with Gasteiger partial charge in [0.2, 0.25) is 0 Å². The van der Waals surface area contributed by atoms with E-state index in [-0.39, 0.29) is 20.1 Å². The molecule has 0 atom stereocenters. The second kappa shape index (κ2) is 12.1. The zero-order valence-electron chi connectivity index (χ0n) is 19.6. The summed E-state index contributed by atoms with van der Waals surface area (Å²) in [6, 6.07) is 43.1. The molecule has 0 N–H and O–H groups in total. The first-order chi connectivity index (χ1) is 17.2. The molecule has 1 aromatic heterocycles. The van der Waals surface area contributed by atoms with Gasteiger partial charge in [-0.1, -0.05) is 59.1 Å². The Morgan fingerprint density at radius 2 is 1.50 bits per heavy atom. The van der Waals surface area contributed by atoms with Crippen molar-refractivity contribution in [1.82, 2.24) is 4.98 Å². The van der Waals surface area contributed by atoms with Crippen LogP contribution in [0.3, 0.4) is 0 Å². The molecule has 36 heavy (non-hydrogen) atoms. The summed E-state index contributed by atoms with van der Waals surface area (Å²) in [6.45, 7) is 2.07. The summed E-state index contributed by atoms with van der Waals surface area (Å²) in [5.41, 5.74) is 7.75. The van der Waals surface area contributed by atoms with E-state index >= 15 is 0 Å². The molecule has 0 spiro atoms. The Balaban J connectivity index is 0.000000165. The van der Waals surface area contributed by atoms with Crippen LogP contribution in [-0.4, -0.2) is 12.0 Å². The van der Waals surface area contributed by atoms with Gasteiger partial charge < -0.3 is 14.8 Å². The van der Waals surface area contributed by atoms with Crippen LogP contribution in [0.25, 0.3) is 22.4 Å². The van der Waals surface area contributed by atoms with E-state index in [4.69, 9.17) is 0 Å². The van der Waals surface area contributed by atoms with E-state index in [9.17, 15) is 0 Å². The molecule has 1 aliphatic heterocycles. The predicted octanol–water partition coefficient (Wildman–Crippen LogP) is 8.17. The third-order valence-electron chi connectivity index (χ3n) is 5.68. The van der Waals surface area contributed by atoms with Gasteiger partial charge >= 0.3 is 20.1 Å². The SMILES string of the molecule is CN1[CH-]N(c2[c-]cc(Br)cc2)c2ccccc21.[Ir+3].[c-]1ccccc1-c1ccc(-c2ccccc2)cn1. The van der Waals surface area contributed by atoms with E-state index in [1.54, 1.807) is 0 Å². The fraction of sp³-hybridized carbons (Fsp3) is 0.0323. The molecule has 0 bridgehead atoms. The van der Waals surface area contributed by atoms with Gasteiger partial charge in [0.1, 0.15) is 0 Å². The molecule has 0 saturated carbocycles. The Labute approximate surface area is 234 Å². The van der Waals surface area contributed by atoms with E-state index in [1.165, 1.54) is 16.9 Å². The van der Waals surface area contributed by atoms with Crippen LogP contribution in [-0.2, 0) is 20.1 Å². The number of hydrogen-bond donors (Lipinski definition) is 0. The monoisotopic (exact) mass is 709 g/mol. The second-order valence-electron chi connectivity index (χ2n) is 8.05. The molecule has 6 rings (SSSR count). The topological polar surface area (TPSA) is 19.4 Å². The smallest absolute Gasteiger partial charge is 0.504 e. The number of para-hydroxylation sites is 2. The predicted molar refractivity (Wildman–Crippen MR) is 148 cm³/mol. The average molecular weight is 710 g/mol. The number of fused-ring (bicyclic) bond motifs is 1. The van der Waals surface area contributed by atoms with E-state index in [0.717, 1.165) is 27.0 Å². The summed E-state index contributed by atoms with van der Waals surface area (Å²) in [7, 11) is 2.05. The standard InChI is InChI=1S/C17H12N.C14H11BrN2.Ir/c1-3-7-14(8-4-1)16-11-12-17(18-13-16)15-9-5-2-6-10-15;1-16-10-17(12-8-6-11(15)7-9-12)14-5-3-2-4-13(14)16;/h1-9,11-13H;2-8,10H,1H3;/q-1;-2;+3. The van der Waals surface area contributed by atoms with Crippen molar-refractivity contribution in [2.24, 2.45) is 0 Å². The van der Waals surface area contributed by atoms with Gasteiger partial charge in [-0.15, -0.1) is 63.6 Å². The third-order valence-corrected chi connectivity index (χ3v) is 6.18. The average Bonchev–Trinajstić information content (AvgIpc) is 3.27. The number of benzene rings is 4. The number of halogens is 1. The molecule has 0 radical (unpaired) electrons. The Hall–Kier alpha value is -3.24. The van der Waals surface area contributed by atoms with Crippen molar-refractivity contribution in [3.63, 3.8) is 0 Å². The van der Waals surface area contributed by atoms with Crippen molar-refractivity contribution in [3.05, 3.63) is 139 Å². The summed E-state index contributed by atoms with van der Waals surface area (Å²) in [5, 5.41) is 0. The van der Waals surface area contributed by atoms with Gasteiger partial charge in [0.15, 0.2) is 0 Å². The van der Waals surface area contributed by atoms with Gasteiger partial charge in [-0.2, -0.15) is 24.9 Å². The van der Waals surface area contributed by atoms with Crippen LogP contribution < -0.4 is 9.80 Å². The first kappa shape index (κ1) is 25.8. The van der Waals surface area contributed by atoms with E-state index in [1.807, 2.05) is 66.9 Å². The normalized spacial score (nSPS) is 11.7. The summed E-state index contributed by atoms with van der Waals surface area (Å²) in [5.74, 6) is 0. The summed E-state index contributed by atoms with van der Waals surface area (Å²) in [6.07, 6.45) is 1.91. The summed E-state index contributed by atoms with van der Waals surface area (Å²) >= 11 is 3.43. The van der Waals surface area contributed by atoms with E-state index < -0.39 is 0 Å². The van der Waals surface area contributed by atoms with Crippen LogP contribution in [0.5, 0.6) is 0 Å². The molecule has 5 heteroatoms. The fourth-order valence-electron chi connectivity index (χ4n) is 3.91. The number of pyridine rings is 1. The molecule has 1 aliphatic rings. The van der Waals surface area contributed by atoms with Crippen molar-refractivity contribution < 1.29 is 20.1 Å².